The SMILES string of the molecule is C[C@@H]1C[C@H](Nc2c(NC(=O)C3CCC(F)CC3)cnc3ccc(Cl)cc23)CCO1. The number of anilines is 2. The number of nitrogens with one attached hydrogen (secondary N) is 2. The van der Waals surface area contributed by atoms with Crippen molar-refractivity contribution in [2.24, 2.45) is 5.92 Å². The van der Waals surface area contributed by atoms with Crippen molar-refractivity contribution in [1.29, 1.82) is 0 Å². The van der Waals surface area contributed by atoms with E-state index in [2.05, 4.69) is 22.5 Å². The fourth-order valence-electron chi connectivity index (χ4n) is 4.30. The summed E-state index contributed by atoms with van der Waals surface area (Å²) in [6.07, 6.45) is 4.95. The van der Waals surface area contributed by atoms with Gasteiger partial charge < -0.3 is 15.4 Å². The number of nitrogens with zero attached hydrogens (tertiary/aromatic N) is 1. The number of pyridine rings is 1. The summed E-state index contributed by atoms with van der Waals surface area (Å²) >= 11 is 6.25. The van der Waals surface area contributed by atoms with Crippen LogP contribution in [0.3, 0.4) is 0 Å². The van der Waals surface area contributed by atoms with Gasteiger partial charge in [0, 0.05) is 29.0 Å². The van der Waals surface area contributed by atoms with E-state index in [9.17, 15) is 9.18 Å². The minimum atomic E-state index is -0.781. The van der Waals surface area contributed by atoms with Gasteiger partial charge in [-0.2, -0.15) is 0 Å². The van der Waals surface area contributed by atoms with Crippen LogP contribution in [0.15, 0.2) is 24.4 Å². The topological polar surface area (TPSA) is 63.2 Å². The first-order valence-electron chi connectivity index (χ1n) is 10.4. The molecule has 2 atom stereocenters. The Bertz CT molecular complexity index is 886. The highest BCUT2D eigenvalue weighted by molar-refractivity contribution is 6.31. The lowest BCUT2D eigenvalue weighted by molar-refractivity contribution is -0.121. The summed E-state index contributed by atoms with van der Waals surface area (Å²) in [5, 5.41) is 8.15. The number of benzene rings is 1. The molecule has 5 nitrogen and oxygen atoms in total. The fraction of sp³-hybridized carbons (Fsp3) is 0.545. The monoisotopic (exact) mass is 419 g/mol. The smallest absolute Gasteiger partial charge is 0.227 e. The zero-order valence-electron chi connectivity index (χ0n) is 16.6. The number of aromatic nitrogens is 1. The maximum absolute atomic E-state index is 13.4. The minimum absolute atomic E-state index is 0.0662. The van der Waals surface area contributed by atoms with Gasteiger partial charge >= 0.3 is 0 Å². The summed E-state index contributed by atoms with van der Waals surface area (Å²) in [7, 11) is 0. The molecule has 2 N–H and O–H groups in total. The van der Waals surface area contributed by atoms with Crippen LogP contribution in [0.2, 0.25) is 5.02 Å². The second-order valence-corrected chi connectivity index (χ2v) is 8.63. The van der Waals surface area contributed by atoms with Crippen LogP contribution in [-0.2, 0) is 9.53 Å². The molecular weight excluding hydrogens is 393 g/mol. The first kappa shape index (κ1) is 20.4. The normalized spacial score (nSPS) is 27.6. The Labute approximate surface area is 175 Å². The number of amides is 1. The molecule has 1 amide bonds. The number of hydrogen-bond donors (Lipinski definition) is 2. The predicted molar refractivity (Wildman–Crippen MR) is 114 cm³/mol. The summed E-state index contributed by atoms with van der Waals surface area (Å²) in [6.45, 7) is 2.77. The average Bonchev–Trinajstić information content (AvgIpc) is 2.70. The molecule has 2 heterocycles. The van der Waals surface area contributed by atoms with Crippen molar-refractivity contribution in [3.05, 3.63) is 29.4 Å². The number of ether oxygens (including phenoxy) is 1. The molecule has 0 spiro atoms. The molecule has 1 aliphatic carbocycles. The standard InChI is InChI=1S/C22H27ClFN3O2/c1-13-10-17(8-9-29-13)26-21-18-11-15(23)4-7-19(18)25-12-20(21)27-22(28)14-2-5-16(24)6-3-14/h4,7,11-14,16-17H,2-3,5-6,8-10H2,1H3,(H,25,26)(H,27,28)/t13-,14?,16?,17-/m1/s1. The van der Waals surface area contributed by atoms with Gasteiger partial charge in [0.1, 0.15) is 6.17 Å². The van der Waals surface area contributed by atoms with Gasteiger partial charge in [0.25, 0.3) is 0 Å². The van der Waals surface area contributed by atoms with E-state index in [1.165, 1.54) is 0 Å². The van der Waals surface area contributed by atoms with E-state index in [-0.39, 0.29) is 24.0 Å². The van der Waals surface area contributed by atoms with Gasteiger partial charge in [-0.3, -0.25) is 9.78 Å². The lowest BCUT2D eigenvalue weighted by Gasteiger charge is -2.30. The van der Waals surface area contributed by atoms with Crippen LogP contribution in [0.4, 0.5) is 15.8 Å². The third-order valence-electron chi connectivity index (χ3n) is 5.95. The maximum atomic E-state index is 13.4. The molecule has 1 aliphatic heterocycles. The zero-order chi connectivity index (χ0) is 20.4. The second-order valence-electron chi connectivity index (χ2n) is 8.19. The van der Waals surface area contributed by atoms with Gasteiger partial charge in [0.15, 0.2) is 0 Å². The molecular formula is C22H27ClFN3O2. The van der Waals surface area contributed by atoms with Crippen LogP contribution >= 0.6 is 11.6 Å². The van der Waals surface area contributed by atoms with E-state index in [0.717, 1.165) is 29.4 Å². The van der Waals surface area contributed by atoms with Crippen LogP contribution in [-0.4, -0.2) is 35.8 Å². The summed E-state index contributed by atoms with van der Waals surface area (Å²) in [4.78, 5) is 17.3. The van der Waals surface area contributed by atoms with E-state index in [0.29, 0.717) is 43.0 Å². The van der Waals surface area contributed by atoms with Crippen LogP contribution in [0.25, 0.3) is 10.9 Å². The number of carbonyl (C=O) groups is 1. The minimum Gasteiger partial charge on any atom is -0.380 e. The highest BCUT2D eigenvalue weighted by atomic mass is 35.5. The van der Waals surface area contributed by atoms with Crippen molar-refractivity contribution in [3.8, 4) is 0 Å². The van der Waals surface area contributed by atoms with E-state index >= 15 is 0 Å². The Morgan fingerprint density at radius 2 is 2.03 bits per heavy atom. The highest BCUT2D eigenvalue weighted by Crippen LogP contribution is 2.35. The quantitative estimate of drug-likeness (QED) is 0.702. The largest absolute Gasteiger partial charge is 0.380 e. The molecule has 2 fully saturated rings. The summed E-state index contributed by atoms with van der Waals surface area (Å²) in [6, 6.07) is 5.80. The van der Waals surface area contributed by atoms with Crippen molar-refractivity contribution in [2.75, 3.05) is 17.2 Å². The van der Waals surface area contributed by atoms with E-state index < -0.39 is 6.17 Å². The summed E-state index contributed by atoms with van der Waals surface area (Å²) in [5.74, 6) is -0.225. The number of hydrogen-bond acceptors (Lipinski definition) is 4. The van der Waals surface area contributed by atoms with Crippen molar-refractivity contribution in [3.63, 3.8) is 0 Å². The molecule has 4 rings (SSSR count). The van der Waals surface area contributed by atoms with Crippen LogP contribution in [0.1, 0.15) is 45.4 Å². The van der Waals surface area contributed by atoms with Gasteiger partial charge in [0.05, 0.1) is 29.2 Å². The molecule has 1 aromatic heterocycles. The first-order valence-corrected chi connectivity index (χ1v) is 10.8. The predicted octanol–water partition coefficient (Wildman–Crippen LogP) is 5.33. The highest BCUT2D eigenvalue weighted by Gasteiger charge is 2.27. The lowest BCUT2D eigenvalue weighted by Crippen LogP contribution is -2.33. The molecule has 29 heavy (non-hydrogen) atoms. The lowest BCUT2D eigenvalue weighted by atomic mass is 9.87. The van der Waals surface area contributed by atoms with E-state index in [1.807, 2.05) is 18.2 Å². The van der Waals surface area contributed by atoms with Gasteiger partial charge in [-0.1, -0.05) is 11.6 Å². The fourth-order valence-corrected chi connectivity index (χ4v) is 4.47. The number of carbonyl (C=O) groups excluding carboxylic acids is 1. The third kappa shape index (κ3) is 4.81. The van der Waals surface area contributed by atoms with Crippen LogP contribution < -0.4 is 10.6 Å². The van der Waals surface area contributed by atoms with Gasteiger partial charge in [-0.15, -0.1) is 0 Å². The molecule has 0 unspecified atom stereocenters. The Morgan fingerprint density at radius 1 is 1.24 bits per heavy atom. The van der Waals surface area contributed by atoms with Crippen molar-refractivity contribution in [1.82, 2.24) is 4.98 Å². The number of alkyl halides is 1. The third-order valence-corrected chi connectivity index (χ3v) is 6.18. The molecule has 1 aromatic carbocycles. The van der Waals surface area contributed by atoms with Gasteiger partial charge in [-0.25, -0.2) is 4.39 Å². The molecule has 0 bridgehead atoms. The van der Waals surface area contributed by atoms with Gasteiger partial charge in [-0.05, 0) is 63.6 Å². The Morgan fingerprint density at radius 3 is 2.79 bits per heavy atom. The van der Waals surface area contributed by atoms with Crippen molar-refractivity contribution in [2.45, 2.75) is 63.8 Å². The Kier molecular flexibility index (Phi) is 6.20. The van der Waals surface area contributed by atoms with Gasteiger partial charge in [0.2, 0.25) is 5.91 Å². The second kappa shape index (κ2) is 8.84. The zero-order valence-corrected chi connectivity index (χ0v) is 17.3. The molecule has 156 valence electrons. The molecule has 7 heteroatoms. The Hall–Kier alpha value is -1.92. The molecule has 2 aromatic rings. The van der Waals surface area contributed by atoms with Crippen molar-refractivity contribution >= 4 is 39.8 Å². The summed E-state index contributed by atoms with van der Waals surface area (Å²) in [5.41, 5.74) is 2.29. The van der Waals surface area contributed by atoms with E-state index in [4.69, 9.17) is 16.3 Å². The number of rotatable bonds is 4. The van der Waals surface area contributed by atoms with Crippen LogP contribution in [0.5, 0.6) is 0 Å². The van der Waals surface area contributed by atoms with Crippen molar-refractivity contribution < 1.29 is 13.9 Å². The molecule has 1 saturated carbocycles. The Balaban J connectivity index is 1.62. The average molecular weight is 420 g/mol. The molecule has 2 aliphatic rings. The maximum Gasteiger partial charge on any atom is 0.227 e. The number of fused-ring (bicyclic) bond motifs is 1. The molecule has 1 saturated heterocycles. The first-order chi connectivity index (χ1) is 14.0. The summed E-state index contributed by atoms with van der Waals surface area (Å²) < 4.78 is 19.1. The van der Waals surface area contributed by atoms with E-state index in [1.54, 1.807) is 6.20 Å². The number of halogens is 2. The molecule has 0 radical (unpaired) electrons. The van der Waals surface area contributed by atoms with Crippen LogP contribution in [0, 0.1) is 5.92 Å².